The van der Waals surface area contributed by atoms with Crippen molar-refractivity contribution in [3.8, 4) is 5.75 Å². The maximum atomic E-state index is 14.0. The summed E-state index contributed by atoms with van der Waals surface area (Å²) in [6, 6.07) is 17.2. The number of ether oxygens (including phenoxy) is 1. The molecule has 3 N–H and O–H groups in total. The van der Waals surface area contributed by atoms with Gasteiger partial charge in [-0.3, -0.25) is 4.79 Å². The first kappa shape index (κ1) is 30.3. The highest BCUT2D eigenvalue weighted by Crippen LogP contribution is 2.42. The van der Waals surface area contributed by atoms with Crippen LogP contribution in [0.4, 0.5) is 18.0 Å². The maximum absolute atomic E-state index is 14.0. The second kappa shape index (κ2) is 12.0. The van der Waals surface area contributed by atoms with Crippen LogP contribution in [0.2, 0.25) is 0 Å². The molecule has 0 aliphatic carbocycles. The Bertz CT molecular complexity index is 1940. The molecular formula is C34H33F3N4O4. The minimum absolute atomic E-state index is 0.0397. The molecule has 11 heteroatoms. The number of alkyl halides is 3. The van der Waals surface area contributed by atoms with Crippen LogP contribution in [0.15, 0.2) is 71.5 Å². The molecule has 0 bridgehead atoms. The average Bonchev–Trinajstić information content (AvgIpc) is 3.38. The van der Waals surface area contributed by atoms with Crippen molar-refractivity contribution in [1.82, 2.24) is 19.8 Å². The van der Waals surface area contributed by atoms with Gasteiger partial charge >= 0.3 is 12.2 Å². The minimum atomic E-state index is -4.54. The van der Waals surface area contributed by atoms with Crippen LogP contribution in [-0.4, -0.2) is 58.4 Å². The van der Waals surface area contributed by atoms with Gasteiger partial charge < -0.3 is 29.6 Å². The maximum Gasteiger partial charge on any atom is 0.416 e. The lowest BCUT2D eigenvalue weighted by Gasteiger charge is -2.27. The van der Waals surface area contributed by atoms with E-state index in [2.05, 4.69) is 10.3 Å². The Balaban J connectivity index is 1.52. The summed E-state index contributed by atoms with van der Waals surface area (Å²) in [5.41, 5.74) is 2.76. The van der Waals surface area contributed by atoms with E-state index in [4.69, 9.17) is 4.74 Å². The fourth-order valence-electron chi connectivity index (χ4n) is 6.18. The van der Waals surface area contributed by atoms with Gasteiger partial charge in [-0.1, -0.05) is 35.9 Å². The second-order valence-corrected chi connectivity index (χ2v) is 11.3. The molecule has 45 heavy (non-hydrogen) atoms. The number of aromatic nitrogens is 2. The summed E-state index contributed by atoms with van der Waals surface area (Å²) >= 11 is 0. The molecule has 0 saturated carbocycles. The van der Waals surface area contributed by atoms with Crippen molar-refractivity contribution in [2.75, 3.05) is 32.8 Å². The van der Waals surface area contributed by atoms with Crippen LogP contribution in [0.5, 0.6) is 5.75 Å². The normalized spacial score (nSPS) is 14.6. The highest BCUT2D eigenvalue weighted by Gasteiger charge is 2.33. The van der Waals surface area contributed by atoms with E-state index in [1.807, 2.05) is 25.1 Å². The Morgan fingerprint density at radius 1 is 1.04 bits per heavy atom. The molecule has 1 fully saturated rings. The molecular weight excluding hydrogens is 585 g/mol. The van der Waals surface area contributed by atoms with Crippen LogP contribution in [0.3, 0.4) is 0 Å². The molecule has 5 aromatic rings. The van der Waals surface area contributed by atoms with Gasteiger partial charge in [-0.05, 0) is 60.9 Å². The van der Waals surface area contributed by atoms with Crippen LogP contribution in [-0.2, 0) is 24.4 Å². The Morgan fingerprint density at radius 3 is 2.47 bits per heavy atom. The van der Waals surface area contributed by atoms with Crippen molar-refractivity contribution < 1.29 is 27.8 Å². The summed E-state index contributed by atoms with van der Waals surface area (Å²) in [5.74, 6) is -1.19. The molecule has 2 amide bonds. The van der Waals surface area contributed by atoms with E-state index in [-0.39, 0.29) is 23.9 Å². The SMILES string of the molecule is Cc1ccc2[nH]c(C(c3ccc(C(F)(F)F)cc3)c3c(O)c4ccccc4n(C)c3=O)c(CCNC(=O)N3CCOCC3)c2c1. The zero-order valence-corrected chi connectivity index (χ0v) is 24.9. The van der Waals surface area contributed by atoms with Gasteiger partial charge in [0.2, 0.25) is 0 Å². The number of fused-ring (bicyclic) bond motifs is 2. The largest absolute Gasteiger partial charge is 0.507 e. The van der Waals surface area contributed by atoms with Crippen LogP contribution < -0.4 is 10.9 Å². The average molecular weight is 619 g/mol. The van der Waals surface area contributed by atoms with Crippen LogP contribution in [0.25, 0.3) is 21.8 Å². The zero-order valence-electron chi connectivity index (χ0n) is 24.9. The van der Waals surface area contributed by atoms with Crippen molar-refractivity contribution in [2.45, 2.75) is 25.4 Å². The fraction of sp³-hybridized carbons (Fsp3) is 0.294. The van der Waals surface area contributed by atoms with Crippen molar-refractivity contribution in [3.05, 3.63) is 111 Å². The Hall–Kier alpha value is -4.77. The highest BCUT2D eigenvalue weighted by atomic mass is 19.4. The lowest BCUT2D eigenvalue weighted by molar-refractivity contribution is -0.137. The molecule has 6 rings (SSSR count). The number of nitrogens with zero attached hydrogens (tertiary/aromatic N) is 2. The number of para-hydroxylation sites is 1. The first-order valence-electron chi connectivity index (χ1n) is 14.7. The number of halogens is 3. The second-order valence-electron chi connectivity index (χ2n) is 11.3. The Labute approximate surface area is 257 Å². The van der Waals surface area contributed by atoms with Gasteiger partial charge in [0.25, 0.3) is 5.56 Å². The number of rotatable bonds is 6. The number of urea groups is 1. The summed E-state index contributed by atoms with van der Waals surface area (Å²) in [6.45, 7) is 4.14. The molecule has 1 atom stereocenters. The van der Waals surface area contributed by atoms with Gasteiger partial charge in [-0.25, -0.2) is 4.79 Å². The zero-order chi connectivity index (χ0) is 31.9. The number of amides is 2. The molecule has 8 nitrogen and oxygen atoms in total. The number of H-pyrrole nitrogens is 1. The Morgan fingerprint density at radius 2 is 1.76 bits per heavy atom. The third-order valence-corrected chi connectivity index (χ3v) is 8.50. The van der Waals surface area contributed by atoms with Gasteiger partial charge in [0.1, 0.15) is 5.75 Å². The minimum Gasteiger partial charge on any atom is -0.507 e. The van der Waals surface area contributed by atoms with Crippen molar-refractivity contribution in [1.29, 1.82) is 0 Å². The number of aryl methyl sites for hydroxylation is 2. The van der Waals surface area contributed by atoms with Crippen molar-refractivity contribution in [2.24, 2.45) is 7.05 Å². The molecule has 2 aromatic heterocycles. The van der Waals surface area contributed by atoms with E-state index in [9.17, 15) is 27.9 Å². The number of aromatic amines is 1. The lowest BCUT2D eigenvalue weighted by atomic mass is 9.84. The first-order chi connectivity index (χ1) is 21.5. The molecule has 3 heterocycles. The van der Waals surface area contributed by atoms with Crippen LogP contribution in [0, 0.1) is 6.92 Å². The summed E-state index contributed by atoms with van der Waals surface area (Å²) in [6.07, 6.45) is -4.18. The number of aromatic hydroxyl groups is 1. The van der Waals surface area contributed by atoms with E-state index >= 15 is 0 Å². The van der Waals surface area contributed by atoms with E-state index in [1.165, 1.54) is 16.7 Å². The molecule has 0 spiro atoms. The highest BCUT2D eigenvalue weighted by molar-refractivity contribution is 5.89. The third-order valence-electron chi connectivity index (χ3n) is 8.50. The fourth-order valence-corrected chi connectivity index (χ4v) is 6.18. The Kier molecular flexibility index (Phi) is 8.05. The van der Waals surface area contributed by atoms with E-state index in [0.29, 0.717) is 54.9 Å². The number of carbonyl (C=O) groups is 1. The summed E-state index contributed by atoms with van der Waals surface area (Å²) in [4.78, 5) is 32.0. The molecule has 1 aliphatic heterocycles. The number of nitrogens with one attached hydrogen (secondary N) is 2. The monoisotopic (exact) mass is 618 g/mol. The number of pyridine rings is 1. The number of carbonyl (C=O) groups excluding carboxylic acids is 1. The molecule has 3 aromatic carbocycles. The lowest BCUT2D eigenvalue weighted by Crippen LogP contribution is -2.46. The van der Waals surface area contributed by atoms with Gasteiger partial charge in [0.15, 0.2) is 0 Å². The molecule has 1 aliphatic rings. The number of hydrogen-bond donors (Lipinski definition) is 3. The number of hydrogen-bond acceptors (Lipinski definition) is 4. The molecule has 234 valence electrons. The molecule has 1 saturated heterocycles. The predicted molar refractivity (Wildman–Crippen MR) is 166 cm³/mol. The standard InChI is InChI=1S/C34H33F3N4O4/c1-20-7-12-26-25(19-20)23(13-14-38-33(44)41-15-17-45-18-16-41)30(39-26)28(21-8-10-22(11-9-21)34(35,36)37)29-31(42)24-5-3-4-6-27(24)40(2)32(29)43/h3-12,19,28,39,42H,13-18H2,1-2H3,(H,38,44). The van der Waals surface area contributed by atoms with Gasteiger partial charge in [-0.15, -0.1) is 0 Å². The van der Waals surface area contributed by atoms with Crippen LogP contribution in [0.1, 0.15) is 39.4 Å². The van der Waals surface area contributed by atoms with Crippen molar-refractivity contribution >= 4 is 27.8 Å². The summed E-state index contributed by atoms with van der Waals surface area (Å²) in [7, 11) is 1.61. The van der Waals surface area contributed by atoms with E-state index in [1.54, 1.807) is 36.2 Å². The quantitative estimate of drug-likeness (QED) is 0.224. The van der Waals surface area contributed by atoms with Crippen LogP contribution >= 0.6 is 0 Å². The smallest absolute Gasteiger partial charge is 0.416 e. The predicted octanol–water partition coefficient (Wildman–Crippen LogP) is 5.82. The van der Waals surface area contributed by atoms with E-state index in [0.717, 1.165) is 34.2 Å². The van der Waals surface area contributed by atoms with Gasteiger partial charge in [0, 0.05) is 48.7 Å². The van der Waals surface area contributed by atoms with Gasteiger partial charge in [-0.2, -0.15) is 13.2 Å². The third kappa shape index (κ3) is 5.75. The first-order valence-corrected chi connectivity index (χ1v) is 14.7. The van der Waals surface area contributed by atoms with Gasteiger partial charge in [0.05, 0.1) is 35.8 Å². The topological polar surface area (TPSA) is 99.6 Å². The van der Waals surface area contributed by atoms with Crippen molar-refractivity contribution in [3.63, 3.8) is 0 Å². The molecule has 1 unspecified atom stereocenters. The van der Waals surface area contributed by atoms with E-state index < -0.39 is 23.2 Å². The number of benzene rings is 3. The summed E-state index contributed by atoms with van der Waals surface area (Å²) in [5, 5.41) is 15.9. The molecule has 0 radical (unpaired) electrons. The summed E-state index contributed by atoms with van der Waals surface area (Å²) < 4.78 is 47.5. The number of morpholine rings is 1.